The van der Waals surface area contributed by atoms with Gasteiger partial charge in [-0.25, -0.2) is 4.98 Å². The zero-order chi connectivity index (χ0) is 20.3. The van der Waals surface area contributed by atoms with Crippen molar-refractivity contribution >= 4 is 15.9 Å². The number of rotatable bonds is 10. The standard InChI is InChI=1S/C24H36N3OS/c1-4-22(9-11-25-13-19-5-6-19)28-23-8-7-20(14-26-23)15-27-16-21-10-12-29(3)18-24(21,2)17-27/h7-8,10,12,14,18-19,21-22,25H,1,4-6,9,11,13,15-17H2,2-3H3/q+1. The number of nitrogens with one attached hydrogen (secondary N) is 1. The van der Waals surface area contributed by atoms with E-state index in [1.54, 1.807) is 0 Å². The molecule has 1 aliphatic carbocycles. The fourth-order valence-electron chi connectivity index (χ4n) is 4.52. The second-order valence-corrected chi connectivity index (χ2v) is 11.0. The van der Waals surface area contributed by atoms with E-state index in [1.807, 2.05) is 12.3 Å². The van der Waals surface area contributed by atoms with Crippen LogP contribution in [0.3, 0.4) is 0 Å². The van der Waals surface area contributed by atoms with E-state index in [4.69, 9.17) is 4.74 Å². The third kappa shape index (κ3) is 5.65. The lowest BCUT2D eigenvalue weighted by molar-refractivity contribution is 0.184. The molecule has 4 nitrogen and oxygen atoms in total. The van der Waals surface area contributed by atoms with E-state index in [-0.39, 0.29) is 6.10 Å². The minimum absolute atomic E-state index is 0.131. The third-order valence-electron chi connectivity index (χ3n) is 6.43. The normalized spacial score (nSPS) is 30.0. The van der Waals surface area contributed by atoms with Crippen molar-refractivity contribution in [2.45, 2.75) is 45.3 Å². The molecular weight excluding hydrogens is 378 g/mol. The van der Waals surface area contributed by atoms with Crippen molar-refractivity contribution in [1.82, 2.24) is 15.2 Å². The first-order valence-corrected chi connectivity index (χ1v) is 12.8. The molecule has 1 saturated carbocycles. The predicted molar refractivity (Wildman–Crippen MR) is 124 cm³/mol. The Labute approximate surface area is 179 Å². The molecule has 1 saturated heterocycles. The fourth-order valence-corrected chi connectivity index (χ4v) is 6.13. The number of hydrogen-bond donors (Lipinski definition) is 1. The second-order valence-electron chi connectivity index (χ2n) is 9.31. The smallest absolute Gasteiger partial charge is 0.213 e. The summed E-state index contributed by atoms with van der Waals surface area (Å²) in [5, 5.41) is 8.47. The highest BCUT2D eigenvalue weighted by atomic mass is 32.2. The molecule has 1 aromatic heterocycles. The largest absolute Gasteiger partial charge is 0.470 e. The third-order valence-corrected chi connectivity index (χ3v) is 7.93. The van der Waals surface area contributed by atoms with Crippen LogP contribution in [0.5, 0.6) is 5.88 Å². The molecule has 0 amide bonds. The van der Waals surface area contributed by atoms with E-state index in [0.29, 0.717) is 21.8 Å². The van der Waals surface area contributed by atoms with Crippen LogP contribution in [0.4, 0.5) is 0 Å². The maximum Gasteiger partial charge on any atom is 0.213 e. The van der Waals surface area contributed by atoms with Crippen LogP contribution in [0.1, 0.15) is 38.2 Å². The minimum Gasteiger partial charge on any atom is -0.470 e. The summed E-state index contributed by atoms with van der Waals surface area (Å²) in [6, 6.07) is 4.19. The van der Waals surface area contributed by atoms with Crippen molar-refractivity contribution in [3.63, 3.8) is 0 Å². The Bertz CT molecular complexity index is 743. The zero-order valence-corrected chi connectivity index (χ0v) is 18.8. The molecule has 29 heavy (non-hydrogen) atoms. The molecule has 1 N–H and O–H groups in total. The Hall–Kier alpha value is -1.30. The summed E-state index contributed by atoms with van der Waals surface area (Å²) in [4.78, 5) is 7.14. The number of hydrogen-bond acceptors (Lipinski definition) is 4. The minimum atomic E-state index is 0.131. The second kappa shape index (κ2) is 9.23. The van der Waals surface area contributed by atoms with Crippen LogP contribution >= 0.6 is 10.5 Å². The van der Waals surface area contributed by atoms with Gasteiger partial charge in [-0.15, -0.1) is 0 Å². The lowest BCUT2D eigenvalue weighted by atomic mass is 9.82. The van der Waals surface area contributed by atoms with Gasteiger partial charge in [-0.1, -0.05) is 19.1 Å². The Morgan fingerprint density at radius 3 is 3.00 bits per heavy atom. The van der Waals surface area contributed by atoms with Crippen molar-refractivity contribution in [2.75, 3.05) is 32.4 Å². The monoisotopic (exact) mass is 414 g/mol. The SMILES string of the molecule is [CH2+]CC(CCNCC1CC1)Oc1ccc(CN2CC3C=CS(C)=CC3(C)C2)cn1. The van der Waals surface area contributed by atoms with Gasteiger partial charge in [0.25, 0.3) is 0 Å². The highest BCUT2D eigenvalue weighted by Crippen LogP contribution is 2.41. The van der Waals surface area contributed by atoms with Gasteiger partial charge < -0.3 is 10.1 Å². The van der Waals surface area contributed by atoms with Crippen LogP contribution in [0.2, 0.25) is 0 Å². The molecule has 158 valence electrons. The summed E-state index contributed by atoms with van der Waals surface area (Å²) < 4.78 is 6.08. The molecule has 2 fully saturated rings. The number of ether oxygens (including phenoxy) is 1. The van der Waals surface area contributed by atoms with Gasteiger partial charge in [-0.2, -0.15) is 10.5 Å². The highest BCUT2D eigenvalue weighted by molar-refractivity contribution is 8.17. The molecule has 5 heteroatoms. The average Bonchev–Trinajstić information content (AvgIpc) is 3.46. The Kier molecular flexibility index (Phi) is 6.67. The maximum atomic E-state index is 6.08. The fraction of sp³-hybridized carbons (Fsp3) is 0.625. The van der Waals surface area contributed by atoms with Crippen molar-refractivity contribution in [3.8, 4) is 5.88 Å². The number of nitrogens with zero attached hydrogens (tertiary/aromatic N) is 2. The summed E-state index contributed by atoms with van der Waals surface area (Å²) in [5.74, 6) is 2.29. The molecule has 0 aromatic carbocycles. The molecule has 1 aromatic rings. The van der Waals surface area contributed by atoms with Gasteiger partial charge in [0, 0.05) is 49.7 Å². The van der Waals surface area contributed by atoms with Crippen LogP contribution in [-0.2, 0) is 6.54 Å². The van der Waals surface area contributed by atoms with Gasteiger partial charge in [0.15, 0.2) is 0 Å². The number of fused-ring (bicyclic) bond motifs is 1. The van der Waals surface area contributed by atoms with Gasteiger partial charge in [0.2, 0.25) is 5.88 Å². The van der Waals surface area contributed by atoms with Gasteiger partial charge in [-0.05, 0) is 54.4 Å². The van der Waals surface area contributed by atoms with Crippen LogP contribution in [-0.4, -0.2) is 53.8 Å². The van der Waals surface area contributed by atoms with E-state index in [2.05, 4.69) is 58.2 Å². The van der Waals surface area contributed by atoms with Crippen molar-refractivity contribution < 1.29 is 4.74 Å². The number of aromatic nitrogens is 1. The average molecular weight is 415 g/mol. The first-order valence-electron chi connectivity index (χ1n) is 11.1. The van der Waals surface area contributed by atoms with E-state index < -0.39 is 0 Å². The molecule has 3 heterocycles. The summed E-state index contributed by atoms with van der Waals surface area (Å²) in [6.45, 7) is 11.8. The maximum absolute atomic E-state index is 6.08. The van der Waals surface area contributed by atoms with E-state index in [1.165, 1.54) is 18.4 Å². The van der Waals surface area contributed by atoms with E-state index in [9.17, 15) is 0 Å². The molecule has 0 radical (unpaired) electrons. The van der Waals surface area contributed by atoms with Crippen LogP contribution in [0.15, 0.2) is 29.8 Å². The predicted octanol–water partition coefficient (Wildman–Crippen LogP) is 4.11. The molecule has 3 aliphatic rings. The van der Waals surface area contributed by atoms with E-state index >= 15 is 0 Å². The van der Waals surface area contributed by atoms with Crippen LogP contribution < -0.4 is 10.1 Å². The molecule has 0 spiro atoms. The van der Waals surface area contributed by atoms with Crippen LogP contribution in [0.25, 0.3) is 0 Å². The molecule has 4 atom stereocenters. The summed E-state index contributed by atoms with van der Waals surface area (Å²) in [7, 11) is 0.315. The Morgan fingerprint density at radius 1 is 1.41 bits per heavy atom. The van der Waals surface area contributed by atoms with E-state index in [0.717, 1.165) is 57.4 Å². The summed E-state index contributed by atoms with van der Waals surface area (Å²) in [5.41, 5.74) is 1.58. The number of likely N-dealkylation sites (tertiary alicyclic amines) is 1. The Balaban J connectivity index is 1.25. The van der Waals surface area contributed by atoms with Gasteiger partial charge in [0.1, 0.15) is 12.5 Å². The van der Waals surface area contributed by atoms with Gasteiger partial charge in [0.05, 0.1) is 6.92 Å². The molecule has 2 aliphatic heterocycles. The van der Waals surface area contributed by atoms with Crippen LogP contribution in [0, 0.1) is 24.2 Å². The quantitative estimate of drug-likeness (QED) is 0.355. The van der Waals surface area contributed by atoms with Crippen molar-refractivity contribution in [1.29, 1.82) is 0 Å². The lowest BCUT2D eigenvalue weighted by Crippen LogP contribution is -2.29. The highest BCUT2D eigenvalue weighted by Gasteiger charge is 2.41. The number of pyridine rings is 1. The summed E-state index contributed by atoms with van der Waals surface area (Å²) in [6.07, 6.45) is 11.4. The molecule has 4 unspecified atom stereocenters. The van der Waals surface area contributed by atoms with Gasteiger partial charge in [-0.3, -0.25) is 4.90 Å². The molecular formula is C24H36N3OS+. The Morgan fingerprint density at radius 2 is 2.28 bits per heavy atom. The first kappa shape index (κ1) is 21.0. The van der Waals surface area contributed by atoms with Crippen molar-refractivity contribution in [2.24, 2.45) is 17.3 Å². The lowest BCUT2D eigenvalue weighted by Gasteiger charge is -2.28. The van der Waals surface area contributed by atoms with Crippen molar-refractivity contribution in [3.05, 3.63) is 42.3 Å². The van der Waals surface area contributed by atoms with Gasteiger partial charge >= 0.3 is 0 Å². The summed E-state index contributed by atoms with van der Waals surface area (Å²) >= 11 is 0. The topological polar surface area (TPSA) is 37.4 Å². The first-order chi connectivity index (χ1) is 14.0. The molecule has 4 rings (SSSR count). The zero-order valence-electron chi connectivity index (χ0n) is 18.0. The molecule has 0 bridgehead atoms.